The first-order valence-electron chi connectivity index (χ1n) is 4.74. The summed E-state index contributed by atoms with van der Waals surface area (Å²) in [6.07, 6.45) is -5.05. The molecule has 5 nitrogen and oxygen atoms in total. The summed E-state index contributed by atoms with van der Waals surface area (Å²) in [5.41, 5.74) is 0. The van der Waals surface area contributed by atoms with Gasteiger partial charge in [0.15, 0.2) is 5.75 Å². The lowest BCUT2D eigenvalue weighted by atomic mass is 10.3. The van der Waals surface area contributed by atoms with E-state index < -0.39 is 32.8 Å². The van der Waals surface area contributed by atoms with E-state index in [0.717, 1.165) is 12.1 Å². The van der Waals surface area contributed by atoms with Gasteiger partial charge in [0.25, 0.3) is 0 Å². The van der Waals surface area contributed by atoms with Gasteiger partial charge in [-0.3, -0.25) is 0 Å². The average Bonchev–Trinajstić information content (AvgIpc) is 2.13. The Morgan fingerprint density at radius 1 is 1.39 bits per heavy atom. The van der Waals surface area contributed by atoms with Crippen molar-refractivity contribution in [3.63, 3.8) is 0 Å². The van der Waals surface area contributed by atoms with E-state index in [1.54, 1.807) is 0 Å². The summed E-state index contributed by atoms with van der Waals surface area (Å²) in [6, 6.07) is 2.36. The number of alkyl halides is 3. The predicted molar refractivity (Wildman–Crippen MR) is 55.7 cm³/mol. The van der Waals surface area contributed by atoms with Gasteiger partial charge in [-0.25, -0.2) is 13.1 Å². The van der Waals surface area contributed by atoms with Crippen LogP contribution in [-0.2, 0) is 10.0 Å². The van der Waals surface area contributed by atoms with E-state index in [2.05, 4.69) is 4.74 Å². The van der Waals surface area contributed by atoms with Crippen LogP contribution in [0.1, 0.15) is 6.92 Å². The number of halogens is 3. The third-order valence-electron chi connectivity index (χ3n) is 1.78. The number of benzene rings is 1. The first-order valence-corrected chi connectivity index (χ1v) is 6.22. The lowest BCUT2D eigenvalue weighted by molar-refractivity contribution is -0.275. The van der Waals surface area contributed by atoms with Gasteiger partial charge < -0.3 is 9.84 Å². The number of rotatable bonds is 4. The summed E-state index contributed by atoms with van der Waals surface area (Å²) in [5.74, 6) is -1.52. The minimum atomic E-state index is -5.05. The Bertz CT molecular complexity index is 527. The minimum absolute atomic E-state index is 0.00860. The molecule has 0 saturated heterocycles. The predicted octanol–water partition coefficient (Wildman–Crippen LogP) is 1.59. The van der Waals surface area contributed by atoms with Crippen LogP contribution in [0.25, 0.3) is 0 Å². The molecule has 0 aliphatic heterocycles. The van der Waals surface area contributed by atoms with E-state index in [-0.39, 0.29) is 6.54 Å². The quantitative estimate of drug-likeness (QED) is 0.881. The maximum atomic E-state index is 12.1. The number of hydrogen-bond donors (Lipinski definition) is 2. The number of sulfonamides is 1. The Kier molecular flexibility index (Phi) is 4.07. The lowest BCUT2D eigenvalue weighted by Gasteiger charge is -2.13. The molecule has 0 amide bonds. The number of aromatic hydroxyl groups is 1. The molecule has 0 radical (unpaired) electrons. The van der Waals surface area contributed by atoms with Crippen molar-refractivity contribution in [1.82, 2.24) is 4.72 Å². The molecular weight excluding hydrogens is 275 g/mol. The zero-order chi connectivity index (χ0) is 14.0. The summed E-state index contributed by atoms with van der Waals surface area (Å²) in [6.45, 7) is 1.48. The van der Waals surface area contributed by atoms with E-state index in [9.17, 15) is 21.6 Å². The third kappa shape index (κ3) is 3.77. The van der Waals surface area contributed by atoms with Crippen molar-refractivity contribution in [3.8, 4) is 11.5 Å². The molecule has 0 bridgehead atoms. The van der Waals surface area contributed by atoms with E-state index >= 15 is 0 Å². The summed E-state index contributed by atoms with van der Waals surface area (Å²) >= 11 is 0. The van der Waals surface area contributed by atoms with Crippen LogP contribution in [-0.4, -0.2) is 26.4 Å². The highest BCUT2D eigenvalue weighted by atomic mass is 32.2. The van der Waals surface area contributed by atoms with Crippen molar-refractivity contribution < 1.29 is 31.4 Å². The highest BCUT2D eigenvalue weighted by molar-refractivity contribution is 7.89. The van der Waals surface area contributed by atoms with Gasteiger partial charge in [0.05, 0.1) is 0 Å². The lowest BCUT2D eigenvalue weighted by Crippen LogP contribution is -2.25. The Hall–Kier alpha value is -1.48. The van der Waals surface area contributed by atoms with Crippen molar-refractivity contribution in [2.24, 2.45) is 0 Å². The summed E-state index contributed by atoms with van der Waals surface area (Å²) in [4.78, 5) is -0.695. The van der Waals surface area contributed by atoms with Crippen LogP contribution in [0.15, 0.2) is 23.1 Å². The number of phenols is 1. The molecule has 0 spiro atoms. The van der Waals surface area contributed by atoms with Crippen LogP contribution in [0.4, 0.5) is 13.2 Å². The number of nitrogens with one attached hydrogen (secondary N) is 1. The van der Waals surface area contributed by atoms with Crippen molar-refractivity contribution in [3.05, 3.63) is 18.2 Å². The van der Waals surface area contributed by atoms with Gasteiger partial charge in [0.2, 0.25) is 10.0 Å². The maximum Gasteiger partial charge on any atom is 0.573 e. The highest BCUT2D eigenvalue weighted by Crippen LogP contribution is 2.32. The van der Waals surface area contributed by atoms with Crippen LogP contribution < -0.4 is 9.46 Å². The van der Waals surface area contributed by atoms with E-state index in [1.165, 1.54) is 6.92 Å². The van der Waals surface area contributed by atoms with Crippen molar-refractivity contribution in [1.29, 1.82) is 0 Å². The molecule has 1 rings (SSSR count). The standard InChI is InChI=1S/C9H10F3NO4S/c1-2-13-18(15,16)8-4-3-6(14)5-7(8)17-9(10,11)12/h3-5,13-14H,2H2,1H3. The van der Waals surface area contributed by atoms with Gasteiger partial charge in [0.1, 0.15) is 10.6 Å². The van der Waals surface area contributed by atoms with Crippen molar-refractivity contribution in [2.75, 3.05) is 6.54 Å². The van der Waals surface area contributed by atoms with Crippen molar-refractivity contribution in [2.45, 2.75) is 18.2 Å². The summed E-state index contributed by atoms with van der Waals surface area (Å²) in [7, 11) is -4.12. The van der Waals surface area contributed by atoms with Crippen LogP contribution in [0.5, 0.6) is 11.5 Å². The second-order valence-corrected chi connectivity index (χ2v) is 4.92. The molecule has 1 aromatic rings. The Morgan fingerprint density at radius 3 is 2.50 bits per heavy atom. The summed E-state index contributed by atoms with van der Waals surface area (Å²) in [5, 5.41) is 9.07. The number of hydrogen-bond acceptors (Lipinski definition) is 4. The van der Waals surface area contributed by atoms with Gasteiger partial charge in [-0.1, -0.05) is 6.92 Å². The van der Waals surface area contributed by atoms with Crippen LogP contribution in [0.3, 0.4) is 0 Å². The topological polar surface area (TPSA) is 75.6 Å². The van der Waals surface area contributed by atoms with Crippen LogP contribution >= 0.6 is 0 Å². The Labute approximate surface area is 101 Å². The van der Waals surface area contributed by atoms with E-state index in [0.29, 0.717) is 6.07 Å². The first-order chi connectivity index (χ1) is 8.15. The molecule has 0 fully saturated rings. The first kappa shape index (κ1) is 14.6. The third-order valence-corrected chi connectivity index (χ3v) is 3.36. The van der Waals surface area contributed by atoms with Gasteiger partial charge in [-0.05, 0) is 12.1 Å². The molecule has 102 valence electrons. The zero-order valence-electron chi connectivity index (χ0n) is 9.15. The smallest absolute Gasteiger partial charge is 0.508 e. The monoisotopic (exact) mass is 285 g/mol. The molecule has 2 N–H and O–H groups in total. The summed E-state index contributed by atoms with van der Waals surface area (Å²) < 4.78 is 65.1. The molecule has 9 heteroatoms. The number of phenolic OH excluding ortho intramolecular Hbond substituents is 1. The molecular formula is C9H10F3NO4S. The Balaban J connectivity index is 3.28. The zero-order valence-corrected chi connectivity index (χ0v) is 9.97. The minimum Gasteiger partial charge on any atom is -0.508 e. The molecule has 0 aliphatic carbocycles. The molecule has 18 heavy (non-hydrogen) atoms. The molecule has 1 aromatic carbocycles. The van der Waals surface area contributed by atoms with Gasteiger partial charge >= 0.3 is 6.36 Å². The van der Waals surface area contributed by atoms with Crippen LogP contribution in [0.2, 0.25) is 0 Å². The molecule has 0 heterocycles. The van der Waals surface area contributed by atoms with Gasteiger partial charge in [-0.2, -0.15) is 0 Å². The SMILES string of the molecule is CCNS(=O)(=O)c1ccc(O)cc1OC(F)(F)F. The normalized spacial score (nSPS) is 12.4. The van der Waals surface area contributed by atoms with Gasteiger partial charge in [-0.15, -0.1) is 13.2 Å². The highest BCUT2D eigenvalue weighted by Gasteiger charge is 2.34. The Morgan fingerprint density at radius 2 is 2.00 bits per heavy atom. The fourth-order valence-electron chi connectivity index (χ4n) is 1.19. The van der Waals surface area contributed by atoms with Crippen molar-refractivity contribution >= 4 is 10.0 Å². The average molecular weight is 285 g/mol. The number of ether oxygens (including phenoxy) is 1. The fourth-order valence-corrected chi connectivity index (χ4v) is 2.34. The fraction of sp³-hybridized carbons (Fsp3) is 0.333. The van der Waals surface area contributed by atoms with Gasteiger partial charge in [0, 0.05) is 12.6 Å². The molecule has 0 atom stereocenters. The molecule has 0 unspecified atom stereocenters. The molecule has 0 saturated carbocycles. The largest absolute Gasteiger partial charge is 0.573 e. The molecule has 0 aliphatic rings. The van der Waals surface area contributed by atoms with Crippen LogP contribution in [0, 0.1) is 0 Å². The van der Waals surface area contributed by atoms with E-state index in [1.807, 2.05) is 4.72 Å². The molecule has 0 aromatic heterocycles. The second-order valence-electron chi connectivity index (χ2n) is 3.18. The maximum absolute atomic E-state index is 12.1. The second kappa shape index (κ2) is 5.02. The van der Waals surface area contributed by atoms with E-state index in [4.69, 9.17) is 5.11 Å².